The molecule has 2 fully saturated rings. The largest absolute Gasteiger partial charge is 0.494 e. The van der Waals surface area contributed by atoms with E-state index in [1.165, 1.54) is 19.3 Å². The molecule has 2 saturated heterocycles. The van der Waals surface area contributed by atoms with E-state index in [1.807, 2.05) is 48.5 Å². The van der Waals surface area contributed by atoms with E-state index < -0.39 is 0 Å². The summed E-state index contributed by atoms with van der Waals surface area (Å²) in [7, 11) is 0. The van der Waals surface area contributed by atoms with Crippen molar-refractivity contribution in [3.8, 4) is 16.9 Å². The molecule has 0 aliphatic carbocycles. The maximum atomic E-state index is 6.00. The monoisotopic (exact) mass is 559 g/mol. The van der Waals surface area contributed by atoms with Crippen LogP contribution in [0.1, 0.15) is 38.5 Å². The predicted molar refractivity (Wildman–Crippen MR) is 157 cm³/mol. The third-order valence-electron chi connectivity index (χ3n) is 6.19. The maximum absolute atomic E-state index is 6.00. The Morgan fingerprint density at radius 2 is 1.57 bits per heavy atom. The highest BCUT2D eigenvalue weighted by Gasteiger charge is 2.21. The number of hydrogen-bond donors (Lipinski definition) is 0. The van der Waals surface area contributed by atoms with E-state index in [0.717, 1.165) is 86.3 Å². The van der Waals surface area contributed by atoms with Gasteiger partial charge in [0.2, 0.25) is 0 Å². The van der Waals surface area contributed by atoms with Crippen molar-refractivity contribution in [3.63, 3.8) is 0 Å². The lowest BCUT2D eigenvalue weighted by atomic mass is 10.1. The molecule has 0 bridgehead atoms. The smallest absolute Gasteiger partial charge is 0.131 e. The average molecular weight is 561 g/mol. The Kier molecular flexibility index (Phi) is 11.7. The Balaban J connectivity index is 0.000000469. The number of unbranched alkanes of at least 4 members (excludes halogenated alkanes) is 2. The van der Waals surface area contributed by atoms with Crippen LogP contribution in [0.15, 0.2) is 66.9 Å². The first kappa shape index (κ1) is 28.1. The third kappa shape index (κ3) is 9.69. The van der Waals surface area contributed by atoms with Gasteiger partial charge in [-0.2, -0.15) is 0 Å². The summed E-state index contributed by atoms with van der Waals surface area (Å²) in [6.45, 7) is 5.88. The van der Waals surface area contributed by atoms with Crippen LogP contribution in [0.3, 0.4) is 0 Å². The van der Waals surface area contributed by atoms with Crippen LogP contribution < -0.4 is 9.04 Å². The Morgan fingerprint density at radius 3 is 2.22 bits per heavy atom. The van der Waals surface area contributed by atoms with Crippen LogP contribution in [0.4, 0.5) is 5.69 Å². The summed E-state index contributed by atoms with van der Waals surface area (Å²) in [4.78, 5) is 4.05. The topological polar surface area (TPSA) is 37.8 Å². The fourth-order valence-electron chi connectivity index (χ4n) is 4.13. The van der Waals surface area contributed by atoms with Crippen LogP contribution in [-0.4, -0.2) is 48.7 Å². The molecule has 2 aliphatic heterocycles. The van der Waals surface area contributed by atoms with Crippen molar-refractivity contribution >= 4 is 41.0 Å². The lowest BCUT2D eigenvalue weighted by Gasteiger charge is -2.17. The first-order valence-electron chi connectivity index (χ1n) is 13.1. The molecule has 0 radical (unpaired) electrons. The molecule has 0 amide bonds. The number of halogens is 2. The number of nitrogens with zero attached hydrogens (tertiary/aromatic N) is 3. The van der Waals surface area contributed by atoms with Gasteiger partial charge in [-0.3, -0.25) is 0 Å². The molecule has 2 aliphatic rings. The molecule has 198 valence electrons. The van der Waals surface area contributed by atoms with E-state index in [1.54, 1.807) is 18.3 Å². The van der Waals surface area contributed by atoms with Gasteiger partial charge in [-0.05, 0) is 86.1 Å². The second-order valence-electron chi connectivity index (χ2n) is 9.06. The molecule has 0 unspecified atom stereocenters. The van der Waals surface area contributed by atoms with Crippen molar-refractivity contribution in [1.82, 2.24) is 9.29 Å². The van der Waals surface area contributed by atoms with Crippen LogP contribution in [0.2, 0.25) is 10.2 Å². The van der Waals surface area contributed by atoms with E-state index in [4.69, 9.17) is 32.7 Å². The summed E-state index contributed by atoms with van der Waals surface area (Å²) in [5, 5.41) is 1.29. The molecule has 5 nitrogen and oxygen atoms in total. The molecule has 37 heavy (non-hydrogen) atoms. The van der Waals surface area contributed by atoms with E-state index in [0.29, 0.717) is 5.15 Å². The summed E-state index contributed by atoms with van der Waals surface area (Å²) in [6, 6.07) is 20.0. The van der Waals surface area contributed by atoms with Crippen molar-refractivity contribution in [3.05, 3.63) is 77.0 Å². The second-order valence-corrected chi connectivity index (χ2v) is 11.0. The molecule has 0 atom stereocenters. The minimum atomic E-state index is 0.538. The molecule has 5 rings (SSSR count). The van der Waals surface area contributed by atoms with Crippen molar-refractivity contribution < 1.29 is 9.47 Å². The van der Waals surface area contributed by atoms with Gasteiger partial charge in [-0.25, -0.2) is 9.29 Å². The molecule has 0 N–H and O–H groups in total. The van der Waals surface area contributed by atoms with E-state index >= 15 is 0 Å². The van der Waals surface area contributed by atoms with E-state index in [2.05, 4.69) is 25.7 Å². The molecule has 2 aromatic carbocycles. The average Bonchev–Trinajstić information content (AvgIpc) is 3.42. The molecule has 3 aromatic rings. The zero-order chi connectivity index (χ0) is 25.7. The van der Waals surface area contributed by atoms with Crippen molar-refractivity contribution in [2.75, 3.05) is 43.8 Å². The second kappa shape index (κ2) is 15.5. The van der Waals surface area contributed by atoms with Gasteiger partial charge in [-0.15, -0.1) is 0 Å². The van der Waals surface area contributed by atoms with Crippen molar-refractivity contribution in [1.29, 1.82) is 0 Å². The van der Waals surface area contributed by atoms with E-state index in [-0.39, 0.29) is 0 Å². The van der Waals surface area contributed by atoms with Crippen LogP contribution in [-0.2, 0) is 4.74 Å². The molecule has 0 spiro atoms. The molecule has 3 heterocycles. The Labute approximate surface area is 235 Å². The molecule has 8 heteroatoms. The number of anilines is 1. The lowest BCUT2D eigenvalue weighted by molar-refractivity contribution is 0.0968. The van der Waals surface area contributed by atoms with Crippen molar-refractivity contribution in [2.45, 2.75) is 38.5 Å². The van der Waals surface area contributed by atoms with Crippen LogP contribution in [0, 0.1) is 0 Å². The number of hydrogen-bond acceptors (Lipinski definition) is 6. The number of pyridine rings is 1. The quantitative estimate of drug-likeness (QED) is 0.149. The highest BCUT2D eigenvalue weighted by atomic mass is 35.5. The highest BCUT2D eigenvalue weighted by molar-refractivity contribution is 7.98. The van der Waals surface area contributed by atoms with Gasteiger partial charge in [0, 0.05) is 56.2 Å². The fourth-order valence-corrected chi connectivity index (χ4v) is 5.45. The van der Waals surface area contributed by atoms with Crippen molar-refractivity contribution in [2.24, 2.45) is 0 Å². The number of benzene rings is 2. The van der Waals surface area contributed by atoms with Gasteiger partial charge in [0.1, 0.15) is 10.9 Å². The zero-order valence-corrected chi connectivity index (χ0v) is 23.5. The van der Waals surface area contributed by atoms with Gasteiger partial charge in [0.25, 0.3) is 0 Å². The van der Waals surface area contributed by atoms with Gasteiger partial charge < -0.3 is 13.8 Å². The van der Waals surface area contributed by atoms with Crippen LogP contribution in [0.5, 0.6) is 5.75 Å². The van der Waals surface area contributed by atoms with Gasteiger partial charge >= 0.3 is 0 Å². The summed E-state index contributed by atoms with van der Waals surface area (Å²) in [6.07, 6.45) is 9.06. The standard InChI is InChI=1S/C24H25Cl2N3OS.C5H10O/c25-21-8-4-19(5-9-21)20-6-10-23(11-7-20)30-17-3-1-2-14-28-15-16-29(31-28)22-12-13-27-24(26)18-22;1-2-4-6-5-3-1/h4-13,18H,1-3,14-17H2;1-5H2. The summed E-state index contributed by atoms with van der Waals surface area (Å²) >= 11 is 13.7. The Bertz CT molecular complexity index is 1050. The summed E-state index contributed by atoms with van der Waals surface area (Å²) in [5.41, 5.74) is 3.43. The first-order valence-corrected chi connectivity index (χ1v) is 14.5. The van der Waals surface area contributed by atoms with Gasteiger partial charge in [0.15, 0.2) is 0 Å². The van der Waals surface area contributed by atoms with Gasteiger partial charge in [-0.1, -0.05) is 47.5 Å². The minimum Gasteiger partial charge on any atom is -0.494 e. The predicted octanol–water partition coefficient (Wildman–Crippen LogP) is 8.18. The maximum Gasteiger partial charge on any atom is 0.131 e. The Hall–Kier alpha value is -1.96. The minimum absolute atomic E-state index is 0.538. The number of aromatic nitrogens is 1. The van der Waals surface area contributed by atoms with Gasteiger partial charge in [0.05, 0.1) is 12.3 Å². The highest BCUT2D eigenvalue weighted by Crippen LogP contribution is 2.31. The lowest BCUT2D eigenvalue weighted by Crippen LogP contribution is -2.14. The molecular weight excluding hydrogens is 525 g/mol. The normalized spacial score (nSPS) is 15.8. The number of rotatable bonds is 9. The summed E-state index contributed by atoms with van der Waals surface area (Å²) in [5.74, 6) is 0.916. The molecule has 1 aromatic heterocycles. The molecular formula is C29H35Cl2N3O2S. The Morgan fingerprint density at radius 1 is 0.838 bits per heavy atom. The summed E-state index contributed by atoms with van der Waals surface area (Å²) < 4.78 is 15.7. The SMILES string of the molecule is C1CCOCC1.Clc1ccc(-c2ccc(OCCCCCN3CCN(c4ccnc(Cl)c4)S3)cc2)cc1. The van der Waals surface area contributed by atoms with Crippen LogP contribution in [0.25, 0.3) is 11.1 Å². The third-order valence-corrected chi connectivity index (χ3v) is 7.84. The fraction of sp³-hybridized carbons (Fsp3) is 0.414. The zero-order valence-electron chi connectivity index (χ0n) is 21.2. The van der Waals surface area contributed by atoms with Crippen LogP contribution >= 0.6 is 35.3 Å². The van der Waals surface area contributed by atoms with E-state index in [9.17, 15) is 0 Å². The first-order chi connectivity index (χ1) is 18.2. The molecule has 0 saturated carbocycles. The number of ether oxygens (including phenoxy) is 2.